The second kappa shape index (κ2) is 8.54. The molecule has 1 fully saturated rings. The van der Waals surface area contributed by atoms with Gasteiger partial charge in [-0.05, 0) is 36.8 Å². The number of guanidine groups is 1. The second-order valence-electron chi connectivity index (χ2n) is 7.28. The summed E-state index contributed by atoms with van der Waals surface area (Å²) in [5.74, 6) is 0.959. The van der Waals surface area contributed by atoms with Gasteiger partial charge < -0.3 is 19.6 Å². The monoisotopic (exact) mass is 408 g/mol. The van der Waals surface area contributed by atoms with Gasteiger partial charge in [0.25, 0.3) is 5.91 Å². The van der Waals surface area contributed by atoms with Crippen molar-refractivity contribution < 1.29 is 19.4 Å². The van der Waals surface area contributed by atoms with Crippen LogP contribution in [0.2, 0.25) is 0 Å². The van der Waals surface area contributed by atoms with Gasteiger partial charge in [-0.1, -0.05) is 18.2 Å². The highest BCUT2D eigenvalue weighted by molar-refractivity contribution is 6.07. The number of nitrogens with one attached hydrogen (secondary N) is 1. The summed E-state index contributed by atoms with van der Waals surface area (Å²) in [7, 11) is 1.77. The van der Waals surface area contributed by atoms with Crippen molar-refractivity contribution in [1.29, 1.82) is 0 Å². The minimum atomic E-state index is -0.617. The van der Waals surface area contributed by atoms with E-state index in [-0.39, 0.29) is 18.4 Å². The number of para-hydroxylation sites is 1. The first-order valence-corrected chi connectivity index (χ1v) is 9.91. The first-order chi connectivity index (χ1) is 14.6. The van der Waals surface area contributed by atoms with Crippen LogP contribution >= 0.6 is 0 Å². The molecule has 156 valence electrons. The molecular weight excluding hydrogens is 384 g/mol. The van der Waals surface area contributed by atoms with E-state index in [1.165, 1.54) is 0 Å². The fraction of sp³-hybridized carbons (Fsp3) is 0.318. The van der Waals surface area contributed by atoms with Crippen molar-refractivity contribution in [2.24, 2.45) is 4.99 Å². The lowest BCUT2D eigenvalue weighted by Crippen LogP contribution is -2.39. The van der Waals surface area contributed by atoms with Gasteiger partial charge in [0.1, 0.15) is 11.8 Å². The number of nitrogens with zero attached hydrogens (tertiary/aromatic N) is 3. The maximum atomic E-state index is 12.3. The topological polar surface area (TPSA) is 94.5 Å². The molecule has 8 heteroatoms. The smallest absolute Gasteiger partial charge is 0.251 e. The number of anilines is 1. The molecule has 2 aromatic carbocycles. The van der Waals surface area contributed by atoms with Crippen molar-refractivity contribution in [1.82, 2.24) is 10.2 Å². The molecule has 2 aromatic rings. The van der Waals surface area contributed by atoms with Crippen molar-refractivity contribution in [3.8, 4) is 5.75 Å². The summed E-state index contributed by atoms with van der Waals surface area (Å²) in [6.07, 6.45) is 0.996. The Bertz CT molecular complexity index is 976. The Labute approximate surface area is 174 Å². The Hall–Kier alpha value is -3.39. The van der Waals surface area contributed by atoms with E-state index in [4.69, 9.17) is 4.74 Å². The number of benzene rings is 2. The number of carbonyl (C=O) groups excluding carboxylic acids is 2. The lowest BCUT2D eigenvalue weighted by Gasteiger charge is -2.27. The Morgan fingerprint density at radius 3 is 2.87 bits per heavy atom. The molecule has 0 radical (unpaired) electrons. The summed E-state index contributed by atoms with van der Waals surface area (Å²) in [6.45, 7) is 0.627. The van der Waals surface area contributed by atoms with Crippen LogP contribution in [0.4, 0.5) is 11.4 Å². The minimum absolute atomic E-state index is 0.0401. The van der Waals surface area contributed by atoms with E-state index in [9.17, 15) is 14.7 Å². The first kappa shape index (κ1) is 19.9. The van der Waals surface area contributed by atoms with Crippen LogP contribution in [0.5, 0.6) is 5.75 Å². The molecule has 0 aliphatic carbocycles. The van der Waals surface area contributed by atoms with E-state index in [1.54, 1.807) is 16.8 Å². The van der Waals surface area contributed by atoms with Crippen LogP contribution in [0.3, 0.4) is 0 Å². The number of fused-ring (bicyclic) bond motifs is 2. The molecule has 2 N–H and O–H groups in total. The van der Waals surface area contributed by atoms with Gasteiger partial charge in [-0.15, -0.1) is 0 Å². The largest absolute Gasteiger partial charge is 0.494 e. The quantitative estimate of drug-likeness (QED) is 0.682. The second-order valence-corrected chi connectivity index (χ2v) is 7.28. The van der Waals surface area contributed by atoms with Gasteiger partial charge in [0.05, 0.1) is 18.9 Å². The molecule has 2 aliphatic heterocycles. The molecule has 0 aromatic heterocycles. The third-order valence-electron chi connectivity index (χ3n) is 5.30. The fourth-order valence-corrected chi connectivity index (χ4v) is 3.57. The van der Waals surface area contributed by atoms with Gasteiger partial charge in [-0.2, -0.15) is 0 Å². The minimum Gasteiger partial charge on any atom is -0.494 e. The van der Waals surface area contributed by atoms with Crippen LogP contribution in [0, 0.1) is 0 Å². The standard InChI is InChI=1S/C22H24N4O4/c1-25(16-6-3-2-4-7-16)20(28)8-5-11-30-17-9-10-18-15(12-17)13-26-19(14-27)21(29)24-22(26)23-18/h2-4,6-7,9-10,12,19,27H,5,8,11,13-14H2,1H3,(H,23,24,29). The summed E-state index contributed by atoms with van der Waals surface area (Å²) in [6, 6.07) is 14.5. The van der Waals surface area contributed by atoms with E-state index in [0.29, 0.717) is 37.7 Å². The van der Waals surface area contributed by atoms with Crippen LogP contribution in [0.15, 0.2) is 53.5 Å². The number of amides is 2. The van der Waals surface area contributed by atoms with Gasteiger partial charge >= 0.3 is 0 Å². The summed E-state index contributed by atoms with van der Waals surface area (Å²) >= 11 is 0. The SMILES string of the molecule is CN(C(=O)CCCOc1ccc2c(c1)CN1C(=N2)NC(=O)C1CO)c1ccccc1. The Morgan fingerprint density at radius 1 is 1.30 bits per heavy atom. The number of hydrogen-bond donors (Lipinski definition) is 2. The van der Waals surface area contributed by atoms with E-state index >= 15 is 0 Å². The number of hydrogen-bond acceptors (Lipinski definition) is 6. The molecule has 30 heavy (non-hydrogen) atoms. The first-order valence-electron chi connectivity index (χ1n) is 9.91. The average molecular weight is 408 g/mol. The highest BCUT2D eigenvalue weighted by Crippen LogP contribution is 2.31. The van der Waals surface area contributed by atoms with Crippen LogP contribution in [-0.2, 0) is 16.1 Å². The van der Waals surface area contributed by atoms with Crippen molar-refractivity contribution in [3.63, 3.8) is 0 Å². The molecule has 2 amide bonds. The maximum absolute atomic E-state index is 12.3. The van der Waals surface area contributed by atoms with Gasteiger partial charge in [0.2, 0.25) is 11.9 Å². The van der Waals surface area contributed by atoms with Crippen LogP contribution in [-0.4, -0.2) is 54.1 Å². The normalized spacial score (nSPS) is 17.0. The number of ether oxygens (including phenoxy) is 1. The molecule has 1 saturated heterocycles. The summed E-state index contributed by atoms with van der Waals surface area (Å²) in [4.78, 5) is 32.1. The Morgan fingerprint density at radius 2 is 2.10 bits per heavy atom. The molecule has 2 heterocycles. The maximum Gasteiger partial charge on any atom is 0.251 e. The predicted molar refractivity (Wildman–Crippen MR) is 113 cm³/mol. The molecule has 2 aliphatic rings. The summed E-state index contributed by atoms with van der Waals surface area (Å²) in [5, 5.41) is 12.2. The predicted octanol–water partition coefficient (Wildman–Crippen LogP) is 1.80. The summed E-state index contributed by atoms with van der Waals surface area (Å²) < 4.78 is 5.82. The highest BCUT2D eigenvalue weighted by Gasteiger charge is 2.38. The van der Waals surface area contributed by atoms with E-state index < -0.39 is 6.04 Å². The van der Waals surface area contributed by atoms with E-state index in [0.717, 1.165) is 16.9 Å². The molecular formula is C22H24N4O4. The Balaban J connectivity index is 1.31. The van der Waals surface area contributed by atoms with Gasteiger partial charge in [-0.25, -0.2) is 4.99 Å². The third kappa shape index (κ3) is 3.99. The lowest BCUT2D eigenvalue weighted by molar-refractivity contribution is -0.122. The van der Waals surface area contributed by atoms with Crippen molar-refractivity contribution in [3.05, 3.63) is 54.1 Å². The number of aliphatic hydroxyl groups is 1. The van der Waals surface area contributed by atoms with Crippen LogP contribution in [0.1, 0.15) is 18.4 Å². The van der Waals surface area contributed by atoms with E-state index in [1.807, 2.05) is 48.5 Å². The van der Waals surface area contributed by atoms with Crippen molar-refractivity contribution in [2.45, 2.75) is 25.4 Å². The van der Waals surface area contributed by atoms with Gasteiger partial charge in [-0.3, -0.25) is 14.9 Å². The van der Waals surface area contributed by atoms with Crippen LogP contribution in [0.25, 0.3) is 0 Å². The molecule has 0 spiro atoms. The molecule has 0 bridgehead atoms. The van der Waals surface area contributed by atoms with Crippen molar-refractivity contribution in [2.75, 3.05) is 25.2 Å². The zero-order valence-corrected chi connectivity index (χ0v) is 16.7. The van der Waals surface area contributed by atoms with Gasteiger partial charge in [0.15, 0.2) is 0 Å². The van der Waals surface area contributed by atoms with Gasteiger partial charge in [0, 0.05) is 31.3 Å². The number of aliphatic hydroxyl groups excluding tert-OH is 1. The number of carbonyl (C=O) groups is 2. The van der Waals surface area contributed by atoms with E-state index in [2.05, 4.69) is 10.3 Å². The average Bonchev–Trinajstić information content (AvgIpc) is 3.08. The third-order valence-corrected chi connectivity index (χ3v) is 5.30. The number of aliphatic imine (C=N–C) groups is 1. The molecule has 0 saturated carbocycles. The fourth-order valence-electron chi connectivity index (χ4n) is 3.57. The zero-order chi connectivity index (χ0) is 21.1. The lowest BCUT2D eigenvalue weighted by atomic mass is 10.1. The molecule has 8 nitrogen and oxygen atoms in total. The molecule has 1 unspecified atom stereocenters. The number of rotatable bonds is 7. The van der Waals surface area contributed by atoms with Crippen LogP contribution < -0.4 is 15.0 Å². The Kier molecular flexibility index (Phi) is 5.67. The summed E-state index contributed by atoms with van der Waals surface area (Å²) in [5.41, 5.74) is 2.56. The van der Waals surface area contributed by atoms with Crippen molar-refractivity contribution >= 4 is 29.1 Å². The zero-order valence-electron chi connectivity index (χ0n) is 16.7. The highest BCUT2D eigenvalue weighted by atomic mass is 16.5. The molecule has 4 rings (SSSR count). The molecule has 1 atom stereocenters.